The van der Waals surface area contributed by atoms with Gasteiger partial charge in [0.1, 0.15) is 0 Å². The molecular weight excluding hydrogens is 334 g/mol. The van der Waals surface area contributed by atoms with Crippen molar-refractivity contribution >= 4 is 16.7 Å². The molecule has 0 fully saturated rings. The zero-order valence-electron chi connectivity index (χ0n) is 15.3. The molecule has 0 radical (unpaired) electrons. The number of fused-ring (bicyclic) bond motifs is 1. The highest BCUT2D eigenvalue weighted by molar-refractivity contribution is 5.85. The first-order valence-corrected chi connectivity index (χ1v) is 9.31. The van der Waals surface area contributed by atoms with Crippen molar-refractivity contribution in [3.63, 3.8) is 0 Å². The van der Waals surface area contributed by atoms with Crippen molar-refractivity contribution in [1.29, 1.82) is 5.26 Å². The van der Waals surface area contributed by atoms with Crippen LogP contribution in [-0.2, 0) is 11.2 Å². The number of amides is 1. The third-order valence-electron chi connectivity index (χ3n) is 4.69. The number of nitriles is 1. The van der Waals surface area contributed by atoms with Crippen LogP contribution in [0.25, 0.3) is 10.8 Å². The number of aromatic nitrogens is 1. The number of aryl methyl sites for hydroxylation is 1. The summed E-state index contributed by atoms with van der Waals surface area (Å²) in [5, 5.41) is 14.2. The fourth-order valence-corrected chi connectivity index (χ4v) is 3.29. The Bertz CT molecular complexity index is 926. The average molecular weight is 357 g/mol. The lowest BCUT2D eigenvalue weighted by Gasteiger charge is -2.19. The van der Waals surface area contributed by atoms with Gasteiger partial charge in [0.05, 0.1) is 12.1 Å². The first-order valence-electron chi connectivity index (χ1n) is 9.31. The maximum Gasteiger partial charge on any atom is 0.220 e. The van der Waals surface area contributed by atoms with Gasteiger partial charge in [-0.1, -0.05) is 54.6 Å². The third kappa shape index (κ3) is 5.15. The number of carbonyl (C=O) groups is 1. The monoisotopic (exact) mass is 357 g/mol. The van der Waals surface area contributed by atoms with E-state index >= 15 is 0 Å². The molecule has 1 aromatic heterocycles. The second-order valence-electron chi connectivity index (χ2n) is 6.60. The smallest absolute Gasteiger partial charge is 0.220 e. The first kappa shape index (κ1) is 18.6. The molecule has 27 heavy (non-hydrogen) atoms. The lowest BCUT2D eigenvalue weighted by Crippen LogP contribution is -2.28. The minimum Gasteiger partial charge on any atom is -0.349 e. The number of hydrogen-bond acceptors (Lipinski definition) is 3. The molecular formula is C23H23N3O. The number of rotatable bonds is 8. The zero-order chi connectivity index (χ0) is 18.9. The van der Waals surface area contributed by atoms with Gasteiger partial charge in [-0.25, -0.2) is 0 Å². The van der Waals surface area contributed by atoms with Gasteiger partial charge in [-0.2, -0.15) is 5.26 Å². The highest BCUT2D eigenvalue weighted by atomic mass is 16.1. The first-order chi connectivity index (χ1) is 13.3. The molecule has 3 rings (SSSR count). The van der Waals surface area contributed by atoms with E-state index in [0.717, 1.165) is 34.7 Å². The number of unbranched alkanes of at least 4 members (excludes halogenated alkanes) is 1. The second-order valence-corrected chi connectivity index (χ2v) is 6.60. The van der Waals surface area contributed by atoms with E-state index < -0.39 is 0 Å². The van der Waals surface area contributed by atoms with E-state index in [1.807, 2.05) is 60.9 Å². The lowest BCUT2D eigenvalue weighted by atomic mass is 10.00. The highest BCUT2D eigenvalue weighted by Gasteiger charge is 2.14. The fourth-order valence-electron chi connectivity index (χ4n) is 3.29. The van der Waals surface area contributed by atoms with Crippen molar-refractivity contribution < 1.29 is 4.79 Å². The van der Waals surface area contributed by atoms with E-state index in [0.29, 0.717) is 19.3 Å². The number of nitrogens with one attached hydrogen (secondary N) is 1. The van der Waals surface area contributed by atoms with E-state index in [4.69, 9.17) is 5.26 Å². The maximum absolute atomic E-state index is 12.6. The Morgan fingerprint density at radius 1 is 1.07 bits per heavy atom. The molecule has 1 heterocycles. The van der Waals surface area contributed by atoms with Gasteiger partial charge in [0, 0.05) is 30.6 Å². The summed E-state index contributed by atoms with van der Waals surface area (Å²) in [6, 6.07) is 20.2. The SMILES string of the molecule is N#CCCCC(NC(=O)CCc1cncc2ccccc12)c1ccccc1. The van der Waals surface area contributed by atoms with Gasteiger partial charge in [0.15, 0.2) is 0 Å². The number of hydrogen-bond donors (Lipinski definition) is 1. The van der Waals surface area contributed by atoms with Gasteiger partial charge in [-0.15, -0.1) is 0 Å². The van der Waals surface area contributed by atoms with Crippen LogP contribution in [0.15, 0.2) is 67.0 Å². The topological polar surface area (TPSA) is 65.8 Å². The number of benzene rings is 2. The summed E-state index contributed by atoms with van der Waals surface area (Å²) in [5.74, 6) is 0.0220. The van der Waals surface area contributed by atoms with Crippen LogP contribution in [0.3, 0.4) is 0 Å². The van der Waals surface area contributed by atoms with Gasteiger partial charge < -0.3 is 5.32 Å². The molecule has 1 unspecified atom stereocenters. The van der Waals surface area contributed by atoms with Crippen LogP contribution in [0.5, 0.6) is 0 Å². The Morgan fingerprint density at radius 3 is 2.67 bits per heavy atom. The summed E-state index contributed by atoms with van der Waals surface area (Å²) in [5.41, 5.74) is 2.17. The van der Waals surface area contributed by atoms with Crippen LogP contribution in [0, 0.1) is 11.3 Å². The Hall–Kier alpha value is -3.19. The number of nitrogens with zero attached hydrogens (tertiary/aromatic N) is 2. The molecule has 1 amide bonds. The van der Waals surface area contributed by atoms with Crippen LogP contribution >= 0.6 is 0 Å². The van der Waals surface area contributed by atoms with E-state index in [1.54, 1.807) is 0 Å². The Labute approximate surface area is 159 Å². The van der Waals surface area contributed by atoms with Gasteiger partial charge >= 0.3 is 0 Å². The quantitative estimate of drug-likeness (QED) is 0.593. The van der Waals surface area contributed by atoms with Gasteiger partial charge in [-0.3, -0.25) is 9.78 Å². The predicted molar refractivity (Wildman–Crippen MR) is 107 cm³/mol. The van der Waals surface area contributed by atoms with Gasteiger partial charge in [-0.05, 0) is 35.8 Å². The molecule has 0 aliphatic heterocycles. The Kier molecular flexibility index (Phi) is 6.54. The average Bonchev–Trinajstić information content (AvgIpc) is 2.72. The fraction of sp³-hybridized carbons (Fsp3) is 0.261. The van der Waals surface area contributed by atoms with Crippen LogP contribution in [0.2, 0.25) is 0 Å². The minimum absolute atomic E-state index is 0.0220. The number of pyridine rings is 1. The summed E-state index contributed by atoms with van der Waals surface area (Å²) >= 11 is 0. The summed E-state index contributed by atoms with van der Waals surface area (Å²) in [4.78, 5) is 16.9. The molecule has 3 aromatic rings. The van der Waals surface area contributed by atoms with Crippen LogP contribution in [0.1, 0.15) is 42.9 Å². The molecule has 0 saturated carbocycles. The molecule has 0 aliphatic rings. The predicted octanol–water partition coefficient (Wildman–Crippen LogP) is 4.72. The number of carbonyl (C=O) groups excluding carboxylic acids is 1. The van der Waals surface area contributed by atoms with Crippen molar-refractivity contribution in [3.05, 3.63) is 78.1 Å². The molecule has 1 atom stereocenters. The van der Waals surface area contributed by atoms with Gasteiger partial charge in [0.25, 0.3) is 0 Å². The maximum atomic E-state index is 12.6. The molecule has 136 valence electrons. The summed E-state index contributed by atoms with van der Waals surface area (Å²) in [6.07, 6.45) is 6.79. The van der Waals surface area contributed by atoms with Crippen molar-refractivity contribution in [2.45, 2.75) is 38.1 Å². The van der Waals surface area contributed by atoms with E-state index in [1.165, 1.54) is 0 Å². The van der Waals surface area contributed by atoms with E-state index in [2.05, 4.69) is 22.4 Å². The highest BCUT2D eigenvalue weighted by Crippen LogP contribution is 2.21. The zero-order valence-corrected chi connectivity index (χ0v) is 15.3. The van der Waals surface area contributed by atoms with Crippen molar-refractivity contribution in [2.75, 3.05) is 0 Å². The third-order valence-corrected chi connectivity index (χ3v) is 4.69. The molecule has 0 aliphatic carbocycles. The van der Waals surface area contributed by atoms with Crippen molar-refractivity contribution in [1.82, 2.24) is 10.3 Å². The molecule has 0 bridgehead atoms. The molecule has 4 nitrogen and oxygen atoms in total. The molecule has 0 spiro atoms. The summed E-state index contributed by atoms with van der Waals surface area (Å²) in [6.45, 7) is 0. The molecule has 2 aromatic carbocycles. The van der Waals surface area contributed by atoms with Crippen molar-refractivity contribution in [3.8, 4) is 6.07 Å². The summed E-state index contributed by atoms with van der Waals surface area (Å²) in [7, 11) is 0. The molecule has 4 heteroatoms. The molecule has 0 saturated heterocycles. The Morgan fingerprint density at radius 2 is 1.85 bits per heavy atom. The van der Waals surface area contributed by atoms with Crippen LogP contribution < -0.4 is 5.32 Å². The van der Waals surface area contributed by atoms with E-state index in [-0.39, 0.29) is 11.9 Å². The largest absolute Gasteiger partial charge is 0.349 e. The summed E-state index contributed by atoms with van der Waals surface area (Å²) < 4.78 is 0. The van der Waals surface area contributed by atoms with Crippen LogP contribution in [-0.4, -0.2) is 10.9 Å². The second kappa shape index (κ2) is 9.49. The minimum atomic E-state index is -0.0577. The molecule has 1 N–H and O–H groups in total. The Balaban J connectivity index is 1.64. The van der Waals surface area contributed by atoms with E-state index in [9.17, 15) is 4.79 Å². The van der Waals surface area contributed by atoms with Gasteiger partial charge in [0.2, 0.25) is 5.91 Å². The van der Waals surface area contributed by atoms with Crippen molar-refractivity contribution in [2.24, 2.45) is 0 Å². The lowest BCUT2D eigenvalue weighted by molar-refractivity contribution is -0.121. The van der Waals surface area contributed by atoms with Crippen LogP contribution in [0.4, 0.5) is 0 Å². The standard InChI is InChI=1S/C23H23N3O/c24-15-7-6-12-22(18-8-2-1-3-9-18)26-23(27)14-13-20-17-25-16-19-10-4-5-11-21(19)20/h1-5,8-11,16-17,22H,6-7,12-14H2,(H,26,27). The normalized spacial score (nSPS) is 11.7.